The van der Waals surface area contributed by atoms with Gasteiger partial charge in [-0.05, 0) is 0 Å². The van der Waals surface area contributed by atoms with Crippen molar-refractivity contribution < 1.29 is 0 Å². The maximum absolute atomic E-state index is 5.60. The normalized spacial score (nSPS) is 10.7. The van der Waals surface area contributed by atoms with Gasteiger partial charge in [-0.1, -0.05) is 0 Å². The summed E-state index contributed by atoms with van der Waals surface area (Å²) < 4.78 is 0. The van der Waals surface area contributed by atoms with Gasteiger partial charge in [0.25, 0.3) is 0 Å². The first kappa shape index (κ1) is 10.1. The average Bonchev–Trinajstić information content (AvgIpc) is 1.88. The standard InChI is InChI=1S/C6H13AsCl2/c1-2-7(3-5-8)4-6-9/h2-6H2,1H3. The van der Waals surface area contributed by atoms with Crippen molar-refractivity contribution in [2.24, 2.45) is 0 Å². The zero-order valence-electron chi connectivity index (χ0n) is 5.74. The molecule has 0 N–H and O–H groups in total. The van der Waals surface area contributed by atoms with E-state index >= 15 is 0 Å². The van der Waals surface area contributed by atoms with Crippen LogP contribution in [-0.4, -0.2) is 26.4 Å². The molecule has 56 valence electrons. The van der Waals surface area contributed by atoms with Gasteiger partial charge in [0.2, 0.25) is 0 Å². The molecule has 0 saturated carbocycles. The first-order valence-corrected chi connectivity index (χ1v) is 8.24. The molecule has 0 rings (SSSR count). The van der Waals surface area contributed by atoms with Crippen molar-refractivity contribution in [3.05, 3.63) is 0 Å². The van der Waals surface area contributed by atoms with Crippen LogP contribution < -0.4 is 0 Å². The Morgan fingerprint density at radius 2 is 1.56 bits per heavy atom. The van der Waals surface area contributed by atoms with Crippen LogP contribution in [0, 0.1) is 0 Å². The van der Waals surface area contributed by atoms with E-state index in [9.17, 15) is 0 Å². The Morgan fingerprint density at radius 1 is 1.11 bits per heavy atom. The Labute approximate surface area is 72.2 Å². The molecule has 0 aromatic carbocycles. The van der Waals surface area contributed by atoms with E-state index in [0.717, 1.165) is 11.8 Å². The molecule has 0 amide bonds. The van der Waals surface area contributed by atoms with Gasteiger partial charge in [-0.2, -0.15) is 0 Å². The zero-order chi connectivity index (χ0) is 7.11. The average molecular weight is 231 g/mol. The van der Waals surface area contributed by atoms with Gasteiger partial charge in [0.05, 0.1) is 0 Å². The molecule has 0 atom stereocenters. The van der Waals surface area contributed by atoms with E-state index in [1.807, 2.05) is 0 Å². The number of rotatable bonds is 5. The topological polar surface area (TPSA) is 0 Å². The minimum absolute atomic E-state index is 0.538. The van der Waals surface area contributed by atoms with E-state index in [1.165, 1.54) is 15.6 Å². The fourth-order valence-corrected chi connectivity index (χ4v) is 5.95. The minimum atomic E-state index is -0.538. The quantitative estimate of drug-likeness (QED) is 0.504. The zero-order valence-corrected chi connectivity index (χ0v) is 9.13. The second kappa shape index (κ2) is 7.25. The van der Waals surface area contributed by atoms with E-state index < -0.39 is 14.7 Å². The van der Waals surface area contributed by atoms with Gasteiger partial charge in [0, 0.05) is 0 Å². The monoisotopic (exact) mass is 230 g/mol. The Hall–Kier alpha value is 1.14. The molecular weight excluding hydrogens is 218 g/mol. The SMILES string of the molecule is CC[As](CCCl)CCCl. The van der Waals surface area contributed by atoms with E-state index in [4.69, 9.17) is 23.2 Å². The van der Waals surface area contributed by atoms with Crippen molar-refractivity contribution in [2.75, 3.05) is 11.8 Å². The van der Waals surface area contributed by atoms with E-state index in [1.54, 1.807) is 0 Å². The van der Waals surface area contributed by atoms with E-state index in [2.05, 4.69) is 6.92 Å². The molecule has 0 aliphatic rings. The third-order valence-electron chi connectivity index (χ3n) is 1.25. The summed E-state index contributed by atoms with van der Waals surface area (Å²) in [4.78, 5) is 0. The van der Waals surface area contributed by atoms with Crippen molar-refractivity contribution in [1.82, 2.24) is 0 Å². The fourth-order valence-electron chi connectivity index (χ4n) is 0.667. The molecule has 0 fully saturated rings. The molecule has 0 saturated heterocycles. The maximum atomic E-state index is 5.60. The summed E-state index contributed by atoms with van der Waals surface area (Å²) in [5.41, 5.74) is 0. The second-order valence-corrected chi connectivity index (χ2v) is 8.59. The first-order valence-electron chi connectivity index (χ1n) is 3.19. The van der Waals surface area contributed by atoms with Crippen LogP contribution in [0.1, 0.15) is 6.92 Å². The molecule has 0 bridgehead atoms. The predicted molar refractivity (Wildman–Crippen MR) is 47.3 cm³/mol. The van der Waals surface area contributed by atoms with E-state index in [0.29, 0.717) is 0 Å². The van der Waals surface area contributed by atoms with Gasteiger partial charge < -0.3 is 0 Å². The van der Waals surface area contributed by atoms with Gasteiger partial charge in [-0.15, -0.1) is 0 Å². The Morgan fingerprint density at radius 3 is 1.78 bits per heavy atom. The van der Waals surface area contributed by atoms with Gasteiger partial charge in [0.15, 0.2) is 0 Å². The first-order chi connectivity index (χ1) is 4.35. The summed E-state index contributed by atoms with van der Waals surface area (Å²) in [6, 6.07) is 0. The molecule has 0 spiro atoms. The summed E-state index contributed by atoms with van der Waals surface area (Å²) in [5, 5.41) is 3.88. The van der Waals surface area contributed by atoms with Gasteiger partial charge in [-0.3, -0.25) is 0 Å². The van der Waals surface area contributed by atoms with Crippen molar-refractivity contribution in [1.29, 1.82) is 0 Å². The molecule has 0 nitrogen and oxygen atoms in total. The summed E-state index contributed by atoms with van der Waals surface area (Å²) in [6.07, 6.45) is 0. The molecular formula is C6H13AsCl2. The third kappa shape index (κ3) is 5.58. The summed E-state index contributed by atoms with van der Waals surface area (Å²) in [7, 11) is 0. The molecule has 9 heavy (non-hydrogen) atoms. The van der Waals surface area contributed by atoms with Crippen LogP contribution >= 0.6 is 23.2 Å². The number of hydrogen-bond donors (Lipinski definition) is 0. The van der Waals surface area contributed by atoms with Gasteiger partial charge in [-0.25, -0.2) is 0 Å². The van der Waals surface area contributed by atoms with Crippen LogP contribution in [0.15, 0.2) is 0 Å². The molecule has 0 heterocycles. The summed E-state index contributed by atoms with van der Waals surface area (Å²) >= 11 is 10.7. The Balaban J connectivity index is 3.18. The Kier molecular flexibility index (Phi) is 8.16. The van der Waals surface area contributed by atoms with Crippen LogP contribution in [0.3, 0.4) is 0 Å². The Bertz CT molecular complexity index is 53.0. The molecule has 0 unspecified atom stereocenters. The summed E-state index contributed by atoms with van der Waals surface area (Å²) in [5.74, 6) is 1.68. The predicted octanol–water partition coefficient (Wildman–Crippen LogP) is 2.98. The molecule has 0 aromatic rings. The van der Waals surface area contributed by atoms with Crippen LogP contribution in [0.25, 0.3) is 0 Å². The second-order valence-electron chi connectivity index (χ2n) is 1.81. The number of alkyl halides is 2. The third-order valence-corrected chi connectivity index (χ3v) is 8.25. The molecule has 0 radical (unpaired) electrons. The molecule has 0 aliphatic carbocycles. The number of hydrogen-bond acceptors (Lipinski definition) is 0. The van der Waals surface area contributed by atoms with E-state index in [-0.39, 0.29) is 0 Å². The van der Waals surface area contributed by atoms with Gasteiger partial charge >= 0.3 is 72.2 Å². The fraction of sp³-hybridized carbons (Fsp3) is 1.00. The molecule has 0 aromatic heterocycles. The van der Waals surface area contributed by atoms with Crippen LogP contribution in [0.4, 0.5) is 0 Å². The number of halogens is 2. The molecule has 3 heteroatoms. The van der Waals surface area contributed by atoms with Crippen molar-refractivity contribution in [3.8, 4) is 0 Å². The van der Waals surface area contributed by atoms with Crippen molar-refractivity contribution in [3.63, 3.8) is 0 Å². The van der Waals surface area contributed by atoms with Crippen LogP contribution in [0.2, 0.25) is 15.6 Å². The van der Waals surface area contributed by atoms with Crippen LogP contribution in [0.5, 0.6) is 0 Å². The summed E-state index contributed by atoms with van der Waals surface area (Å²) in [6.45, 7) is 2.25. The van der Waals surface area contributed by atoms with Crippen molar-refractivity contribution >= 4 is 37.9 Å². The molecule has 0 aliphatic heterocycles. The van der Waals surface area contributed by atoms with Crippen molar-refractivity contribution in [2.45, 2.75) is 22.5 Å². The van der Waals surface area contributed by atoms with Crippen LogP contribution in [-0.2, 0) is 0 Å². The van der Waals surface area contributed by atoms with Gasteiger partial charge in [0.1, 0.15) is 0 Å².